The molecule has 0 radical (unpaired) electrons. The van der Waals surface area contributed by atoms with E-state index in [9.17, 15) is 5.11 Å². The van der Waals surface area contributed by atoms with Crippen LogP contribution in [0.3, 0.4) is 0 Å². The van der Waals surface area contributed by atoms with Crippen LogP contribution >= 0.6 is 11.3 Å². The summed E-state index contributed by atoms with van der Waals surface area (Å²) < 4.78 is 13.3. The highest BCUT2D eigenvalue weighted by atomic mass is 32.1. The predicted octanol–water partition coefficient (Wildman–Crippen LogP) is 5.77. The van der Waals surface area contributed by atoms with Gasteiger partial charge in [0, 0.05) is 18.3 Å². The maximum absolute atomic E-state index is 9.78. The summed E-state index contributed by atoms with van der Waals surface area (Å²) in [6.45, 7) is 11.2. The molecule has 7 heteroatoms. The van der Waals surface area contributed by atoms with Crippen molar-refractivity contribution in [2.24, 2.45) is 0 Å². The fourth-order valence-electron chi connectivity index (χ4n) is 2.80. The molecule has 0 fully saturated rings. The van der Waals surface area contributed by atoms with E-state index in [1.807, 2.05) is 37.4 Å². The van der Waals surface area contributed by atoms with Crippen molar-refractivity contribution >= 4 is 35.6 Å². The minimum Gasteiger partial charge on any atom is -0.491 e. The minimum absolute atomic E-state index is 0.0535. The normalized spacial score (nSPS) is 13.4. The molecule has 0 aliphatic rings. The Labute approximate surface area is 184 Å². The van der Waals surface area contributed by atoms with Gasteiger partial charge in [-0.15, -0.1) is 11.3 Å². The zero-order chi connectivity index (χ0) is 21.9. The third-order valence-corrected chi connectivity index (χ3v) is 11.3. The van der Waals surface area contributed by atoms with Gasteiger partial charge in [-0.25, -0.2) is 4.98 Å². The van der Waals surface area contributed by atoms with Crippen LogP contribution in [0, 0.1) is 0 Å². The number of nitrogens with zero attached hydrogens (tertiary/aromatic N) is 1. The van der Waals surface area contributed by atoms with E-state index in [-0.39, 0.29) is 17.7 Å². The molecule has 1 heterocycles. The molecule has 30 heavy (non-hydrogen) atoms. The van der Waals surface area contributed by atoms with E-state index in [0.717, 1.165) is 32.2 Å². The Bertz CT molecular complexity index is 980. The number of nitrogens with one attached hydrogen (secondary N) is 1. The molecule has 5 nitrogen and oxygen atoms in total. The van der Waals surface area contributed by atoms with E-state index in [1.54, 1.807) is 11.3 Å². The van der Waals surface area contributed by atoms with E-state index in [4.69, 9.17) is 14.1 Å². The molecule has 1 aromatic heterocycles. The predicted molar refractivity (Wildman–Crippen MR) is 129 cm³/mol. The summed E-state index contributed by atoms with van der Waals surface area (Å²) in [6, 6.07) is 14.2. The lowest BCUT2D eigenvalue weighted by atomic mass is 10.2. The Morgan fingerprint density at radius 3 is 2.43 bits per heavy atom. The highest BCUT2D eigenvalue weighted by Gasteiger charge is 2.39. The minimum atomic E-state index is -1.96. The van der Waals surface area contributed by atoms with E-state index in [1.165, 1.54) is 0 Å². The first-order valence-corrected chi connectivity index (χ1v) is 14.0. The van der Waals surface area contributed by atoms with Gasteiger partial charge in [-0.05, 0) is 60.6 Å². The first kappa shape index (κ1) is 22.7. The largest absolute Gasteiger partial charge is 0.491 e. The van der Waals surface area contributed by atoms with Crippen molar-refractivity contribution in [1.82, 2.24) is 4.98 Å². The zero-order valence-electron chi connectivity index (χ0n) is 18.7. The van der Waals surface area contributed by atoms with Crippen molar-refractivity contribution in [3.8, 4) is 16.3 Å². The smallest absolute Gasteiger partial charge is 0.192 e. The number of thiazole rings is 1. The van der Waals surface area contributed by atoms with E-state index in [2.05, 4.69) is 51.3 Å². The van der Waals surface area contributed by atoms with Crippen LogP contribution in [0.2, 0.25) is 18.1 Å². The summed E-state index contributed by atoms with van der Waals surface area (Å²) in [5.74, 6) is 0.764. The molecule has 0 unspecified atom stereocenters. The van der Waals surface area contributed by atoms with E-state index >= 15 is 0 Å². The van der Waals surface area contributed by atoms with Gasteiger partial charge in [-0.3, -0.25) is 0 Å². The average molecular weight is 445 g/mol. The number of aromatic nitrogens is 1. The quantitative estimate of drug-likeness (QED) is 0.432. The van der Waals surface area contributed by atoms with Crippen molar-refractivity contribution in [3.63, 3.8) is 0 Å². The second kappa shape index (κ2) is 9.06. The Morgan fingerprint density at radius 2 is 1.83 bits per heavy atom. The fourth-order valence-corrected chi connectivity index (χ4v) is 5.13. The number of rotatable bonds is 8. The van der Waals surface area contributed by atoms with Gasteiger partial charge in [-0.2, -0.15) is 0 Å². The summed E-state index contributed by atoms with van der Waals surface area (Å²) >= 11 is 1.65. The Kier molecular flexibility index (Phi) is 6.87. The molecule has 0 spiro atoms. The number of hydrogen-bond donors (Lipinski definition) is 2. The average Bonchev–Trinajstić information content (AvgIpc) is 3.13. The molecule has 1 atom stereocenters. The maximum Gasteiger partial charge on any atom is 0.192 e. The maximum atomic E-state index is 9.78. The van der Waals surface area contributed by atoms with Gasteiger partial charge < -0.3 is 19.6 Å². The Balaban J connectivity index is 1.70. The number of benzene rings is 2. The van der Waals surface area contributed by atoms with Gasteiger partial charge >= 0.3 is 0 Å². The van der Waals surface area contributed by atoms with Crippen LogP contribution in [0.4, 0.5) is 5.69 Å². The number of aliphatic hydroxyl groups is 1. The molecular formula is C23H32N2O3SSi. The summed E-state index contributed by atoms with van der Waals surface area (Å²) in [7, 11) is -0.0547. The first-order valence-electron chi connectivity index (χ1n) is 10.2. The summed E-state index contributed by atoms with van der Waals surface area (Å²) in [5, 5.41) is 14.0. The molecule has 0 saturated heterocycles. The molecule has 162 valence electrons. The second-order valence-corrected chi connectivity index (χ2v) is 14.8. The summed E-state index contributed by atoms with van der Waals surface area (Å²) in [6.07, 6.45) is -0.329. The first-order chi connectivity index (χ1) is 14.1. The van der Waals surface area contributed by atoms with Gasteiger partial charge in [0.1, 0.15) is 23.5 Å². The van der Waals surface area contributed by atoms with Crippen LogP contribution in [-0.4, -0.2) is 44.8 Å². The highest BCUT2D eigenvalue weighted by molar-refractivity contribution is 7.21. The van der Waals surface area contributed by atoms with Crippen molar-refractivity contribution in [2.45, 2.75) is 45.0 Å². The SMILES string of the molecule is CNc1ccc(-c2nc3ccc(OC[C@@H](CO)O[Si](C)(C)C(C)(C)C)cc3s2)cc1. The van der Waals surface area contributed by atoms with Crippen molar-refractivity contribution < 1.29 is 14.3 Å². The number of ether oxygens (including phenoxy) is 1. The van der Waals surface area contributed by atoms with Gasteiger partial charge in [-0.1, -0.05) is 20.8 Å². The van der Waals surface area contributed by atoms with E-state index < -0.39 is 8.32 Å². The fraction of sp³-hybridized carbons (Fsp3) is 0.435. The van der Waals surface area contributed by atoms with Gasteiger partial charge in [0.2, 0.25) is 0 Å². The molecule has 3 aromatic rings. The van der Waals surface area contributed by atoms with Crippen LogP contribution in [0.5, 0.6) is 5.75 Å². The van der Waals surface area contributed by atoms with Gasteiger partial charge in [0.15, 0.2) is 8.32 Å². The second-order valence-electron chi connectivity index (χ2n) is 8.97. The number of anilines is 1. The number of hydrogen-bond acceptors (Lipinski definition) is 6. The summed E-state index contributed by atoms with van der Waals surface area (Å²) in [4.78, 5) is 4.75. The lowest BCUT2D eigenvalue weighted by Crippen LogP contribution is -2.46. The van der Waals surface area contributed by atoms with Crippen molar-refractivity contribution in [2.75, 3.05) is 25.6 Å². The van der Waals surface area contributed by atoms with Gasteiger partial charge in [0.25, 0.3) is 0 Å². The topological polar surface area (TPSA) is 63.6 Å². The zero-order valence-corrected chi connectivity index (χ0v) is 20.5. The molecule has 0 aliphatic carbocycles. The number of aliphatic hydroxyl groups excluding tert-OH is 1. The summed E-state index contributed by atoms with van der Waals surface area (Å²) in [5.41, 5.74) is 3.13. The van der Waals surface area contributed by atoms with Crippen LogP contribution in [-0.2, 0) is 4.43 Å². The third kappa shape index (κ3) is 5.21. The molecule has 2 N–H and O–H groups in total. The molecular weight excluding hydrogens is 412 g/mol. The monoisotopic (exact) mass is 444 g/mol. The third-order valence-electron chi connectivity index (χ3n) is 5.69. The van der Waals surface area contributed by atoms with E-state index in [0.29, 0.717) is 6.61 Å². The standard InChI is InChI=1S/C23H32N2O3SSi/c1-23(2,3)30(5,6)28-19(14-26)15-27-18-11-12-20-21(13-18)29-22(25-20)16-7-9-17(24-4)10-8-16/h7-13,19,24,26H,14-15H2,1-6H3/t19-/m1/s1. The van der Waals surface area contributed by atoms with Crippen LogP contribution < -0.4 is 10.1 Å². The molecule has 2 aromatic carbocycles. The lowest BCUT2D eigenvalue weighted by Gasteiger charge is -2.38. The number of fused-ring (bicyclic) bond motifs is 1. The van der Waals surface area contributed by atoms with Crippen LogP contribution in [0.1, 0.15) is 20.8 Å². The highest BCUT2D eigenvalue weighted by Crippen LogP contribution is 2.37. The Hall–Kier alpha value is -1.93. The van der Waals surface area contributed by atoms with Crippen LogP contribution in [0.15, 0.2) is 42.5 Å². The molecule has 0 bridgehead atoms. The van der Waals surface area contributed by atoms with Crippen molar-refractivity contribution in [3.05, 3.63) is 42.5 Å². The molecule has 0 saturated carbocycles. The van der Waals surface area contributed by atoms with Crippen LogP contribution in [0.25, 0.3) is 20.8 Å². The lowest BCUT2D eigenvalue weighted by molar-refractivity contribution is 0.0615. The molecule has 3 rings (SSSR count). The molecule has 0 amide bonds. The van der Waals surface area contributed by atoms with Crippen molar-refractivity contribution in [1.29, 1.82) is 0 Å². The Morgan fingerprint density at radius 1 is 1.13 bits per heavy atom. The molecule has 0 aliphatic heterocycles. The van der Waals surface area contributed by atoms with Gasteiger partial charge in [0.05, 0.1) is 16.8 Å².